The normalized spacial score (nSPS) is 11.2. The molecule has 0 aromatic carbocycles. The third-order valence-corrected chi connectivity index (χ3v) is 2.49. The zero-order valence-corrected chi connectivity index (χ0v) is 9.51. The molecule has 0 atom stereocenters. The van der Waals surface area contributed by atoms with Crippen molar-refractivity contribution in [1.29, 1.82) is 0 Å². The summed E-state index contributed by atoms with van der Waals surface area (Å²) in [5.41, 5.74) is 3.37. The molecule has 6 heteroatoms. The Morgan fingerprint density at radius 2 is 2.25 bits per heavy atom. The van der Waals surface area contributed by atoms with Crippen LogP contribution in [-0.4, -0.2) is 19.7 Å². The number of anilines is 1. The molecule has 2 rings (SSSR count). The van der Waals surface area contributed by atoms with Crippen molar-refractivity contribution >= 4 is 16.9 Å². The Labute approximate surface area is 93.8 Å². The van der Waals surface area contributed by atoms with Crippen LogP contribution in [0.25, 0.3) is 11.0 Å². The number of nitrogen functional groups attached to an aromatic ring is 1. The molecule has 0 unspecified atom stereocenters. The van der Waals surface area contributed by atoms with E-state index in [1.165, 1.54) is 6.33 Å². The average molecular weight is 220 g/mol. The zero-order chi connectivity index (χ0) is 11.5. The Bertz CT molecular complexity index is 475. The Morgan fingerprint density at radius 3 is 2.94 bits per heavy atom. The summed E-state index contributed by atoms with van der Waals surface area (Å²) >= 11 is 0. The molecule has 0 aliphatic rings. The van der Waals surface area contributed by atoms with Gasteiger partial charge >= 0.3 is 0 Å². The molecule has 0 fully saturated rings. The summed E-state index contributed by atoms with van der Waals surface area (Å²) < 4.78 is 1.89. The van der Waals surface area contributed by atoms with Crippen LogP contribution in [0.1, 0.15) is 20.3 Å². The van der Waals surface area contributed by atoms with Gasteiger partial charge in [0.15, 0.2) is 11.5 Å². The SMILES string of the molecule is CC(C)CCn1ncc2c(NN)ncnc21. The molecule has 16 heavy (non-hydrogen) atoms. The van der Waals surface area contributed by atoms with Crippen molar-refractivity contribution in [2.45, 2.75) is 26.8 Å². The summed E-state index contributed by atoms with van der Waals surface area (Å²) in [4.78, 5) is 8.25. The van der Waals surface area contributed by atoms with Gasteiger partial charge in [0.1, 0.15) is 6.33 Å². The molecular weight excluding hydrogens is 204 g/mol. The van der Waals surface area contributed by atoms with E-state index in [4.69, 9.17) is 5.84 Å². The molecule has 3 N–H and O–H groups in total. The molecule has 0 aliphatic heterocycles. The maximum atomic E-state index is 5.37. The fraction of sp³-hybridized carbons (Fsp3) is 0.500. The lowest BCUT2D eigenvalue weighted by Gasteiger charge is -2.05. The topological polar surface area (TPSA) is 81.7 Å². The van der Waals surface area contributed by atoms with Crippen molar-refractivity contribution < 1.29 is 0 Å². The van der Waals surface area contributed by atoms with Crippen molar-refractivity contribution in [3.8, 4) is 0 Å². The second-order valence-electron chi connectivity index (χ2n) is 4.15. The molecule has 86 valence electrons. The number of hydrogen-bond acceptors (Lipinski definition) is 5. The van der Waals surface area contributed by atoms with Crippen LogP contribution in [0, 0.1) is 5.92 Å². The fourth-order valence-corrected chi connectivity index (χ4v) is 1.55. The molecule has 0 saturated heterocycles. The first-order valence-corrected chi connectivity index (χ1v) is 5.35. The number of aryl methyl sites for hydroxylation is 1. The van der Waals surface area contributed by atoms with Crippen molar-refractivity contribution in [3.05, 3.63) is 12.5 Å². The van der Waals surface area contributed by atoms with E-state index in [2.05, 4.69) is 34.3 Å². The van der Waals surface area contributed by atoms with E-state index in [1.54, 1.807) is 6.20 Å². The van der Waals surface area contributed by atoms with Crippen LogP contribution in [0.15, 0.2) is 12.5 Å². The first kappa shape index (κ1) is 10.8. The minimum atomic E-state index is 0.612. The highest BCUT2D eigenvalue weighted by Gasteiger charge is 2.08. The standard InChI is InChI=1S/C10H16N6/c1-7(2)3-4-16-10-8(5-14-16)9(15-11)12-6-13-10/h5-7H,3-4,11H2,1-2H3,(H,12,13,15). The van der Waals surface area contributed by atoms with Crippen LogP contribution in [0.5, 0.6) is 0 Å². The second kappa shape index (κ2) is 4.44. The van der Waals surface area contributed by atoms with Crippen LogP contribution >= 0.6 is 0 Å². The van der Waals surface area contributed by atoms with Crippen molar-refractivity contribution in [2.24, 2.45) is 11.8 Å². The average Bonchev–Trinajstić information content (AvgIpc) is 2.69. The van der Waals surface area contributed by atoms with Gasteiger partial charge in [0.2, 0.25) is 0 Å². The van der Waals surface area contributed by atoms with Gasteiger partial charge in [-0.3, -0.25) is 0 Å². The van der Waals surface area contributed by atoms with E-state index < -0.39 is 0 Å². The van der Waals surface area contributed by atoms with Gasteiger partial charge in [-0.05, 0) is 12.3 Å². The third-order valence-electron chi connectivity index (χ3n) is 2.49. The molecule has 0 radical (unpaired) electrons. The third kappa shape index (κ3) is 1.96. The van der Waals surface area contributed by atoms with E-state index in [9.17, 15) is 0 Å². The Kier molecular flexibility index (Phi) is 3.00. The molecule has 6 nitrogen and oxygen atoms in total. The van der Waals surface area contributed by atoms with Crippen LogP contribution in [0.4, 0.5) is 5.82 Å². The molecule has 0 spiro atoms. The smallest absolute Gasteiger partial charge is 0.163 e. The highest BCUT2D eigenvalue weighted by Crippen LogP contribution is 2.18. The minimum absolute atomic E-state index is 0.612. The maximum Gasteiger partial charge on any atom is 0.163 e. The Balaban J connectivity index is 2.34. The second-order valence-corrected chi connectivity index (χ2v) is 4.15. The van der Waals surface area contributed by atoms with Crippen LogP contribution < -0.4 is 11.3 Å². The summed E-state index contributed by atoms with van der Waals surface area (Å²) in [7, 11) is 0. The number of rotatable bonds is 4. The van der Waals surface area contributed by atoms with Gasteiger partial charge in [-0.1, -0.05) is 13.8 Å². The molecule has 0 bridgehead atoms. The van der Waals surface area contributed by atoms with E-state index in [0.29, 0.717) is 11.7 Å². The number of nitrogens with two attached hydrogens (primary N) is 1. The quantitative estimate of drug-likeness (QED) is 0.597. The van der Waals surface area contributed by atoms with Crippen molar-refractivity contribution in [2.75, 3.05) is 5.43 Å². The lowest BCUT2D eigenvalue weighted by Crippen LogP contribution is -2.09. The van der Waals surface area contributed by atoms with Gasteiger partial charge in [-0.2, -0.15) is 5.10 Å². The summed E-state index contributed by atoms with van der Waals surface area (Å²) in [6, 6.07) is 0. The number of aromatic nitrogens is 4. The fourth-order valence-electron chi connectivity index (χ4n) is 1.55. The monoisotopic (exact) mass is 220 g/mol. The van der Waals surface area contributed by atoms with Crippen molar-refractivity contribution in [3.63, 3.8) is 0 Å². The van der Waals surface area contributed by atoms with Gasteiger partial charge in [-0.15, -0.1) is 0 Å². The highest BCUT2D eigenvalue weighted by atomic mass is 15.3. The van der Waals surface area contributed by atoms with E-state index in [0.717, 1.165) is 24.0 Å². The van der Waals surface area contributed by atoms with Gasteiger partial charge in [0.05, 0.1) is 11.6 Å². The molecule has 0 aliphatic carbocycles. The highest BCUT2D eigenvalue weighted by molar-refractivity contribution is 5.85. The zero-order valence-electron chi connectivity index (χ0n) is 9.51. The summed E-state index contributed by atoms with van der Waals surface area (Å²) in [5.74, 6) is 6.63. The lowest BCUT2D eigenvalue weighted by atomic mass is 10.1. The number of fused-ring (bicyclic) bond motifs is 1. The number of hydrogen-bond donors (Lipinski definition) is 2. The number of hydrazine groups is 1. The largest absolute Gasteiger partial charge is 0.308 e. The predicted molar refractivity (Wildman–Crippen MR) is 62.6 cm³/mol. The van der Waals surface area contributed by atoms with Gasteiger partial charge in [-0.25, -0.2) is 20.5 Å². The Hall–Kier alpha value is -1.69. The van der Waals surface area contributed by atoms with Crippen molar-refractivity contribution in [1.82, 2.24) is 19.7 Å². The first-order chi connectivity index (χ1) is 7.72. The van der Waals surface area contributed by atoms with Gasteiger partial charge in [0, 0.05) is 6.54 Å². The van der Waals surface area contributed by atoms with E-state index in [1.807, 2.05) is 4.68 Å². The van der Waals surface area contributed by atoms with Gasteiger partial charge in [0.25, 0.3) is 0 Å². The van der Waals surface area contributed by atoms with Gasteiger partial charge < -0.3 is 5.43 Å². The van der Waals surface area contributed by atoms with E-state index >= 15 is 0 Å². The maximum absolute atomic E-state index is 5.37. The number of nitrogens with one attached hydrogen (secondary N) is 1. The Morgan fingerprint density at radius 1 is 1.44 bits per heavy atom. The van der Waals surface area contributed by atoms with E-state index in [-0.39, 0.29) is 0 Å². The predicted octanol–water partition coefficient (Wildman–Crippen LogP) is 1.16. The molecule has 2 aromatic heterocycles. The summed E-state index contributed by atoms with van der Waals surface area (Å²) in [6.07, 6.45) is 4.31. The summed E-state index contributed by atoms with van der Waals surface area (Å²) in [5, 5.41) is 5.15. The minimum Gasteiger partial charge on any atom is -0.308 e. The molecule has 2 aromatic rings. The molecule has 0 saturated carbocycles. The molecular formula is C10H16N6. The van der Waals surface area contributed by atoms with Crippen LogP contribution in [-0.2, 0) is 6.54 Å². The summed E-state index contributed by atoms with van der Waals surface area (Å²) in [6.45, 7) is 5.24. The van der Waals surface area contributed by atoms with Crippen LogP contribution in [0.2, 0.25) is 0 Å². The van der Waals surface area contributed by atoms with Crippen LogP contribution in [0.3, 0.4) is 0 Å². The first-order valence-electron chi connectivity index (χ1n) is 5.35. The number of nitrogens with zero attached hydrogens (tertiary/aromatic N) is 4. The molecule has 2 heterocycles. The molecule has 0 amide bonds. The lowest BCUT2D eigenvalue weighted by molar-refractivity contribution is 0.494.